The maximum Gasteiger partial charge on any atom is 0.226 e. The first-order valence-corrected chi connectivity index (χ1v) is 5.91. The van der Waals surface area contributed by atoms with E-state index >= 15 is 0 Å². The number of hydrogen-bond donors (Lipinski definition) is 3. The summed E-state index contributed by atoms with van der Waals surface area (Å²) in [5.74, 6) is 2.29. The normalized spacial score (nSPS) is 23.4. The number of anilines is 2. The van der Waals surface area contributed by atoms with Crippen LogP contribution < -0.4 is 10.6 Å². The van der Waals surface area contributed by atoms with Crippen LogP contribution in [-0.2, 0) is 0 Å². The molecule has 1 aliphatic carbocycles. The molecule has 0 aromatic carbocycles. The van der Waals surface area contributed by atoms with Crippen LogP contribution in [0, 0.1) is 5.92 Å². The van der Waals surface area contributed by atoms with Crippen LogP contribution in [-0.4, -0.2) is 33.3 Å². The Morgan fingerprint density at radius 1 is 1.35 bits per heavy atom. The second-order valence-electron chi connectivity index (χ2n) is 4.70. The molecule has 0 aliphatic heterocycles. The first kappa shape index (κ1) is 10.3. The molecular weight excluding hydrogens is 216 g/mol. The lowest BCUT2D eigenvalue weighted by atomic mass is 9.82. The minimum atomic E-state index is 0.530. The highest BCUT2D eigenvalue weighted by Crippen LogP contribution is 2.30. The van der Waals surface area contributed by atoms with Gasteiger partial charge in [0.2, 0.25) is 5.95 Å². The second kappa shape index (κ2) is 3.87. The largest absolute Gasteiger partial charge is 0.367 e. The predicted octanol–water partition coefficient (Wildman–Crippen LogP) is 1.60. The summed E-state index contributed by atoms with van der Waals surface area (Å²) >= 11 is 0. The highest BCUT2D eigenvalue weighted by Gasteiger charge is 2.26. The molecule has 0 spiro atoms. The van der Waals surface area contributed by atoms with Crippen LogP contribution in [0.1, 0.15) is 19.8 Å². The summed E-state index contributed by atoms with van der Waals surface area (Å²) < 4.78 is 0. The van der Waals surface area contributed by atoms with Gasteiger partial charge in [0.15, 0.2) is 5.65 Å². The van der Waals surface area contributed by atoms with Crippen LogP contribution in [0.4, 0.5) is 11.8 Å². The minimum absolute atomic E-state index is 0.530. The Bertz CT molecular complexity index is 528. The fourth-order valence-electron chi connectivity index (χ4n) is 2.27. The van der Waals surface area contributed by atoms with Gasteiger partial charge in [-0.3, -0.25) is 5.10 Å². The van der Waals surface area contributed by atoms with Crippen LogP contribution >= 0.6 is 0 Å². The van der Waals surface area contributed by atoms with Crippen molar-refractivity contribution >= 4 is 22.8 Å². The van der Waals surface area contributed by atoms with Gasteiger partial charge in [0.1, 0.15) is 5.82 Å². The van der Waals surface area contributed by atoms with E-state index in [0.29, 0.717) is 12.0 Å². The van der Waals surface area contributed by atoms with Crippen molar-refractivity contribution in [2.45, 2.75) is 25.8 Å². The molecule has 1 saturated carbocycles. The lowest BCUT2D eigenvalue weighted by Gasteiger charge is -2.33. The molecule has 0 bridgehead atoms. The molecular formula is C11H16N6. The van der Waals surface area contributed by atoms with Gasteiger partial charge >= 0.3 is 0 Å². The van der Waals surface area contributed by atoms with Gasteiger partial charge in [-0.1, -0.05) is 6.92 Å². The quantitative estimate of drug-likeness (QED) is 0.749. The van der Waals surface area contributed by atoms with Crippen molar-refractivity contribution in [3.05, 3.63) is 6.20 Å². The Morgan fingerprint density at radius 2 is 2.18 bits per heavy atom. The molecule has 2 heterocycles. The van der Waals surface area contributed by atoms with E-state index in [1.165, 1.54) is 12.8 Å². The highest BCUT2D eigenvalue weighted by molar-refractivity contribution is 5.87. The number of H-pyrrole nitrogens is 1. The van der Waals surface area contributed by atoms with Gasteiger partial charge < -0.3 is 10.6 Å². The highest BCUT2D eigenvalue weighted by atomic mass is 15.2. The Hall–Kier alpha value is -1.85. The van der Waals surface area contributed by atoms with Crippen molar-refractivity contribution in [2.75, 3.05) is 17.7 Å². The number of nitrogens with one attached hydrogen (secondary N) is 3. The first-order valence-electron chi connectivity index (χ1n) is 5.91. The SMILES string of the molecule is CNc1nc(NC2CC(C)C2)c2cn[nH]c2n1. The smallest absolute Gasteiger partial charge is 0.226 e. The summed E-state index contributed by atoms with van der Waals surface area (Å²) in [5.41, 5.74) is 0.763. The average Bonchev–Trinajstić information content (AvgIpc) is 2.74. The zero-order valence-corrected chi connectivity index (χ0v) is 9.99. The summed E-state index contributed by atoms with van der Waals surface area (Å²) in [6, 6.07) is 0.530. The van der Waals surface area contributed by atoms with E-state index < -0.39 is 0 Å². The van der Waals surface area contributed by atoms with E-state index in [0.717, 1.165) is 22.8 Å². The van der Waals surface area contributed by atoms with Crippen molar-refractivity contribution < 1.29 is 0 Å². The molecule has 2 aromatic heterocycles. The summed E-state index contributed by atoms with van der Waals surface area (Å²) in [5, 5.41) is 14.2. The van der Waals surface area contributed by atoms with Crippen molar-refractivity contribution in [2.24, 2.45) is 5.92 Å². The summed E-state index contributed by atoms with van der Waals surface area (Å²) in [4.78, 5) is 8.75. The average molecular weight is 232 g/mol. The Labute approximate surface area is 99.2 Å². The van der Waals surface area contributed by atoms with Crippen molar-refractivity contribution in [3.63, 3.8) is 0 Å². The molecule has 0 unspecified atom stereocenters. The number of nitrogens with zero attached hydrogens (tertiary/aromatic N) is 3. The zero-order chi connectivity index (χ0) is 11.8. The molecule has 1 fully saturated rings. The van der Waals surface area contributed by atoms with Gasteiger partial charge in [-0.2, -0.15) is 15.1 Å². The van der Waals surface area contributed by atoms with E-state index in [2.05, 4.69) is 37.7 Å². The van der Waals surface area contributed by atoms with Crippen molar-refractivity contribution in [1.82, 2.24) is 20.2 Å². The predicted molar refractivity (Wildman–Crippen MR) is 67.0 cm³/mol. The fourth-order valence-corrected chi connectivity index (χ4v) is 2.27. The van der Waals surface area contributed by atoms with Crippen molar-refractivity contribution in [1.29, 1.82) is 0 Å². The fraction of sp³-hybridized carbons (Fsp3) is 0.545. The molecule has 0 saturated heterocycles. The van der Waals surface area contributed by atoms with E-state index in [1.807, 2.05) is 7.05 Å². The molecule has 0 atom stereocenters. The summed E-state index contributed by atoms with van der Waals surface area (Å²) in [7, 11) is 1.81. The van der Waals surface area contributed by atoms with Crippen LogP contribution in [0.3, 0.4) is 0 Å². The standard InChI is InChI=1S/C11H16N6/c1-6-3-7(4-6)14-9-8-5-13-17-10(8)16-11(12-2)15-9/h5-7H,3-4H2,1-2H3,(H3,12,13,14,15,16,17). The van der Waals surface area contributed by atoms with Gasteiger partial charge in [-0.25, -0.2) is 0 Å². The van der Waals surface area contributed by atoms with E-state index in [1.54, 1.807) is 6.20 Å². The third-order valence-corrected chi connectivity index (χ3v) is 3.25. The van der Waals surface area contributed by atoms with Crippen LogP contribution in [0.25, 0.3) is 11.0 Å². The van der Waals surface area contributed by atoms with Crippen LogP contribution in [0.15, 0.2) is 6.20 Å². The zero-order valence-electron chi connectivity index (χ0n) is 9.99. The Balaban J connectivity index is 1.93. The Morgan fingerprint density at radius 3 is 2.88 bits per heavy atom. The topological polar surface area (TPSA) is 78.5 Å². The second-order valence-corrected chi connectivity index (χ2v) is 4.70. The number of fused-ring (bicyclic) bond motifs is 1. The molecule has 3 rings (SSSR count). The van der Waals surface area contributed by atoms with Gasteiger partial charge in [-0.15, -0.1) is 0 Å². The van der Waals surface area contributed by atoms with Gasteiger partial charge in [0.25, 0.3) is 0 Å². The van der Waals surface area contributed by atoms with Gasteiger partial charge in [-0.05, 0) is 18.8 Å². The van der Waals surface area contributed by atoms with Crippen molar-refractivity contribution in [3.8, 4) is 0 Å². The monoisotopic (exact) mass is 232 g/mol. The molecule has 1 aliphatic rings. The van der Waals surface area contributed by atoms with Crippen LogP contribution in [0.2, 0.25) is 0 Å². The lowest BCUT2D eigenvalue weighted by Crippen LogP contribution is -2.34. The molecule has 90 valence electrons. The number of rotatable bonds is 3. The summed E-state index contributed by atoms with van der Waals surface area (Å²) in [6.45, 7) is 2.27. The number of hydrogen-bond acceptors (Lipinski definition) is 5. The maximum absolute atomic E-state index is 4.45. The van der Waals surface area contributed by atoms with Gasteiger partial charge in [0, 0.05) is 13.1 Å². The number of aromatic nitrogens is 4. The van der Waals surface area contributed by atoms with Gasteiger partial charge in [0.05, 0.1) is 11.6 Å². The number of aromatic amines is 1. The van der Waals surface area contributed by atoms with E-state index in [-0.39, 0.29) is 0 Å². The van der Waals surface area contributed by atoms with Crippen LogP contribution in [0.5, 0.6) is 0 Å². The molecule has 6 nitrogen and oxygen atoms in total. The summed E-state index contributed by atoms with van der Waals surface area (Å²) in [6.07, 6.45) is 4.18. The van der Waals surface area contributed by atoms with E-state index in [9.17, 15) is 0 Å². The third kappa shape index (κ3) is 1.79. The maximum atomic E-state index is 4.45. The molecule has 0 amide bonds. The lowest BCUT2D eigenvalue weighted by molar-refractivity contribution is 0.309. The molecule has 2 aromatic rings. The van der Waals surface area contributed by atoms with E-state index in [4.69, 9.17) is 0 Å². The molecule has 0 radical (unpaired) electrons. The minimum Gasteiger partial charge on any atom is -0.367 e. The molecule has 17 heavy (non-hydrogen) atoms. The Kier molecular flexibility index (Phi) is 2.35. The third-order valence-electron chi connectivity index (χ3n) is 3.25. The molecule has 6 heteroatoms. The molecule has 3 N–H and O–H groups in total. The first-order chi connectivity index (χ1) is 8.26.